The van der Waals surface area contributed by atoms with E-state index >= 15 is 0 Å². The van der Waals surface area contributed by atoms with Crippen LogP contribution in [-0.4, -0.2) is 29.2 Å². The lowest BCUT2D eigenvalue weighted by Gasteiger charge is -2.32. The Bertz CT molecular complexity index is 467. The summed E-state index contributed by atoms with van der Waals surface area (Å²) in [4.78, 5) is 12.4. The molecule has 1 saturated carbocycles. The van der Waals surface area contributed by atoms with Gasteiger partial charge in [0.25, 0.3) is 0 Å². The topological polar surface area (TPSA) is 75.3 Å². The van der Waals surface area contributed by atoms with E-state index in [0.29, 0.717) is 13.0 Å². The van der Waals surface area contributed by atoms with Crippen molar-refractivity contribution < 1.29 is 9.90 Å². The Hall–Kier alpha value is -1.39. The molecule has 0 bridgehead atoms. The van der Waals surface area contributed by atoms with E-state index in [-0.39, 0.29) is 11.8 Å². The summed E-state index contributed by atoms with van der Waals surface area (Å²) in [6.07, 6.45) is 4.99. The van der Waals surface area contributed by atoms with E-state index in [1.54, 1.807) is 6.92 Å². The van der Waals surface area contributed by atoms with Crippen LogP contribution in [0.4, 0.5) is 0 Å². The predicted octanol–water partition coefficient (Wildman–Crippen LogP) is 2.32. The number of carbonyl (C=O) groups excluding carboxylic acids is 1. The summed E-state index contributed by atoms with van der Waals surface area (Å²) in [5, 5.41) is 12.7. The Labute approximate surface area is 133 Å². The van der Waals surface area contributed by atoms with E-state index < -0.39 is 11.6 Å². The third-order valence-electron chi connectivity index (χ3n) is 4.60. The van der Waals surface area contributed by atoms with Crippen LogP contribution in [0.1, 0.15) is 56.9 Å². The number of nitrogens with two attached hydrogens (primary N) is 1. The largest absolute Gasteiger partial charge is 0.393 e. The molecule has 1 aliphatic rings. The molecule has 1 fully saturated rings. The molecule has 2 atom stereocenters. The van der Waals surface area contributed by atoms with Crippen LogP contribution in [0, 0.1) is 0 Å². The molecular weight excluding hydrogens is 276 g/mol. The van der Waals surface area contributed by atoms with E-state index in [0.717, 1.165) is 31.2 Å². The molecule has 1 aromatic carbocycles. The summed E-state index contributed by atoms with van der Waals surface area (Å²) in [6, 6.07) is 10.0. The first-order valence-electron chi connectivity index (χ1n) is 8.31. The normalized spacial score (nSPS) is 20.1. The molecule has 0 spiro atoms. The van der Waals surface area contributed by atoms with E-state index in [1.807, 2.05) is 30.3 Å². The van der Waals surface area contributed by atoms with Crippen molar-refractivity contribution in [2.75, 3.05) is 6.54 Å². The summed E-state index contributed by atoms with van der Waals surface area (Å²) in [5.74, 6) is 0.0658. The maximum atomic E-state index is 12.4. The first-order valence-corrected chi connectivity index (χ1v) is 8.31. The van der Waals surface area contributed by atoms with Gasteiger partial charge in [-0.2, -0.15) is 0 Å². The number of aliphatic hydroxyl groups excluding tert-OH is 1. The summed E-state index contributed by atoms with van der Waals surface area (Å²) in [6.45, 7) is 2.30. The van der Waals surface area contributed by atoms with Gasteiger partial charge < -0.3 is 16.2 Å². The molecule has 0 saturated heterocycles. The van der Waals surface area contributed by atoms with Gasteiger partial charge >= 0.3 is 0 Å². The van der Waals surface area contributed by atoms with Crippen molar-refractivity contribution in [3.63, 3.8) is 0 Å². The zero-order valence-corrected chi connectivity index (χ0v) is 13.4. The van der Waals surface area contributed by atoms with E-state index in [4.69, 9.17) is 5.73 Å². The van der Waals surface area contributed by atoms with Gasteiger partial charge in [0.15, 0.2) is 0 Å². The van der Waals surface area contributed by atoms with Gasteiger partial charge in [-0.15, -0.1) is 0 Å². The van der Waals surface area contributed by atoms with Crippen LogP contribution < -0.4 is 11.1 Å². The third-order valence-corrected chi connectivity index (χ3v) is 4.60. The third kappa shape index (κ3) is 4.55. The van der Waals surface area contributed by atoms with Crippen LogP contribution >= 0.6 is 0 Å². The fourth-order valence-corrected chi connectivity index (χ4v) is 3.28. The molecule has 1 aliphatic carbocycles. The molecule has 0 radical (unpaired) electrons. The zero-order chi connectivity index (χ0) is 16.0. The van der Waals surface area contributed by atoms with Crippen molar-refractivity contribution in [1.82, 2.24) is 5.32 Å². The van der Waals surface area contributed by atoms with Crippen molar-refractivity contribution in [2.45, 2.75) is 63.0 Å². The molecule has 0 heterocycles. The molecule has 2 rings (SSSR count). The maximum Gasteiger partial charge on any atom is 0.240 e. The van der Waals surface area contributed by atoms with E-state index in [2.05, 4.69) is 5.32 Å². The van der Waals surface area contributed by atoms with Crippen molar-refractivity contribution in [1.29, 1.82) is 0 Å². The van der Waals surface area contributed by atoms with Crippen LogP contribution in [0.5, 0.6) is 0 Å². The number of rotatable bonds is 6. The Morgan fingerprint density at radius 1 is 1.27 bits per heavy atom. The molecule has 1 aromatic rings. The molecule has 1 amide bonds. The summed E-state index contributed by atoms with van der Waals surface area (Å²) < 4.78 is 0. The highest BCUT2D eigenvalue weighted by Crippen LogP contribution is 2.26. The predicted molar refractivity (Wildman–Crippen MR) is 88.5 cm³/mol. The lowest BCUT2D eigenvalue weighted by Crippen LogP contribution is -2.55. The van der Waals surface area contributed by atoms with Gasteiger partial charge in [0.2, 0.25) is 5.91 Å². The molecule has 2 unspecified atom stereocenters. The Kier molecular flexibility index (Phi) is 5.98. The van der Waals surface area contributed by atoms with Gasteiger partial charge in [-0.05, 0) is 31.7 Å². The molecule has 122 valence electrons. The lowest BCUT2D eigenvalue weighted by molar-refractivity contribution is -0.127. The minimum Gasteiger partial charge on any atom is -0.393 e. The van der Waals surface area contributed by atoms with Crippen molar-refractivity contribution in [3.05, 3.63) is 35.9 Å². The fraction of sp³-hybridized carbons (Fsp3) is 0.611. The van der Waals surface area contributed by atoms with Gasteiger partial charge in [-0.3, -0.25) is 4.79 Å². The maximum absolute atomic E-state index is 12.4. The van der Waals surface area contributed by atoms with E-state index in [9.17, 15) is 9.90 Å². The van der Waals surface area contributed by atoms with Crippen LogP contribution in [0.3, 0.4) is 0 Å². The highest BCUT2D eigenvalue weighted by molar-refractivity contribution is 5.86. The number of nitrogens with one attached hydrogen (secondary N) is 1. The van der Waals surface area contributed by atoms with Crippen LogP contribution in [-0.2, 0) is 4.79 Å². The first kappa shape index (κ1) is 17.0. The zero-order valence-electron chi connectivity index (χ0n) is 13.4. The minimum absolute atomic E-state index is 0.0428. The standard InChI is InChI=1S/C18H28N2O2/c1-14(21)12-16(15-8-4-2-5-9-15)13-20-17(22)18(19)10-6-3-7-11-18/h2,4-5,8-9,14,16,21H,3,6-7,10-13,19H2,1H3,(H,20,22). The molecule has 0 aliphatic heterocycles. The average Bonchev–Trinajstić information content (AvgIpc) is 2.52. The quantitative estimate of drug-likeness (QED) is 0.755. The molecule has 4 N–H and O–H groups in total. The number of hydrogen-bond donors (Lipinski definition) is 3. The number of benzene rings is 1. The molecular formula is C18H28N2O2. The molecule has 22 heavy (non-hydrogen) atoms. The van der Waals surface area contributed by atoms with Crippen molar-refractivity contribution in [2.24, 2.45) is 5.73 Å². The van der Waals surface area contributed by atoms with Gasteiger partial charge in [-0.25, -0.2) is 0 Å². The monoisotopic (exact) mass is 304 g/mol. The smallest absolute Gasteiger partial charge is 0.240 e. The number of carbonyl (C=O) groups is 1. The fourth-order valence-electron chi connectivity index (χ4n) is 3.28. The highest BCUT2D eigenvalue weighted by Gasteiger charge is 2.35. The Morgan fingerprint density at radius 2 is 1.91 bits per heavy atom. The average molecular weight is 304 g/mol. The Balaban J connectivity index is 1.97. The molecule has 4 nitrogen and oxygen atoms in total. The molecule has 4 heteroatoms. The SMILES string of the molecule is CC(O)CC(CNC(=O)C1(N)CCCCC1)c1ccccc1. The van der Waals surface area contributed by atoms with Crippen LogP contribution in [0.2, 0.25) is 0 Å². The number of hydrogen-bond acceptors (Lipinski definition) is 3. The van der Waals surface area contributed by atoms with Crippen molar-refractivity contribution in [3.8, 4) is 0 Å². The minimum atomic E-state index is -0.704. The lowest BCUT2D eigenvalue weighted by atomic mass is 9.81. The summed E-state index contributed by atoms with van der Waals surface area (Å²) in [7, 11) is 0. The van der Waals surface area contributed by atoms with Crippen LogP contribution in [0.15, 0.2) is 30.3 Å². The van der Waals surface area contributed by atoms with Gasteiger partial charge in [-0.1, -0.05) is 49.6 Å². The highest BCUT2D eigenvalue weighted by atomic mass is 16.3. The van der Waals surface area contributed by atoms with E-state index in [1.165, 1.54) is 6.42 Å². The van der Waals surface area contributed by atoms with Gasteiger partial charge in [0.1, 0.15) is 0 Å². The van der Waals surface area contributed by atoms with Gasteiger partial charge in [0.05, 0.1) is 11.6 Å². The first-order chi connectivity index (χ1) is 10.5. The van der Waals surface area contributed by atoms with Gasteiger partial charge in [0, 0.05) is 12.5 Å². The number of aliphatic hydroxyl groups is 1. The molecule has 0 aromatic heterocycles. The van der Waals surface area contributed by atoms with Crippen molar-refractivity contribution >= 4 is 5.91 Å². The summed E-state index contributed by atoms with van der Waals surface area (Å²) in [5.41, 5.74) is 6.70. The van der Waals surface area contributed by atoms with Crippen LogP contribution in [0.25, 0.3) is 0 Å². The second-order valence-corrected chi connectivity index (χ2v) is 6.62. The summed E-state index contributed by atoms with van der Waals surface area (Å²) >= 11 is 0. The Morgan fingerprint density at radius 3 is 2.50 bits per heavy atom. The number of amides is 1. The second-order valence-electron chi connectivity index (χ2n) is 6.62. The second kappa shape index (κ2) is 7.75.